The molecule has 7 nitrogen and oxygen atoms in total. The van der Waals surface area contributed by atoms with E-state index in [0.29, 0.717) is 18.3 Å². The van der Waals surface area contributed by atoms with Crippen molar-refractivity contribution in [3.05, 3.63) is 35.3 Å². The van der Waals surface area contributed by atoms with Gasteiger partial charge in [-0.3, -0.25) is 0 Å². The van der Waals surface area contributed by atoms with Crippen LogP contribution in [0.25, 0.3) is 0 Å². The first kappa shape index (κ1) is 20.3. The molecule has 2 heterocycles. The van der Waals surface area contributed by atoms with Crippen LogP contribution in [0.15, 0.2) is 29.6 Å². The fraction of sp³-hybridized carbons (Fsp3) is 0.500. The number of amides is 1. The Kier molecular flexibility index (Phi) is 6.28. The van der Waals surface area contributed by atoms with Crippen molar-refractivity contribution in [2.45, 2.75) is 45.3 Å². The third-order valence-electron chi connectivity index (χ3n) is 4.34. The molecule has 0 aliphatic carbocycles. The first-order valence-corrected chi connectivity index (χ1v) is 10.4. The van der Waals surface area contributed by atoms with Crippen LogP contribution in [0.3, 0.4) is 0 Å². The minimum Gasteiger partial charge on any atom is -0.492 e. The van der Waals surface area contributed by atoms with Crippen LogP contribution in [-0.2, 0) is 4.74 Å². The molecule has 0 saturated carbocycles. The Bertz CT molecular complexity index is 785. The van der Waals surface area contributed by atoms with Gasteiger partial charge in [-0.25, -0.2) is 9.78 Å². The number of nitrogens with two attached hydrogens (primary N) is 1. The molecule has 0 radical (unpaired) electrons. The molecule has 1 fully saturated rings. The van der Waals surface area contributed by atoms with Gasteiger partial charge < -0.3 is 25.4 Å². The fourth-order valence-electron chi connectivity index (χ4n) is 3.21. The van der Waals surface area contributed by atoms with Gasteiger partial charge in [-0.05, 0) is 57.9 Å². The topological polar surface area (TPSA) is 89.7 Å². The van der Waals surface area contributed by atoms with E-state index in [-0.39, 0.29) is 6.04 Å². The van der Waals surface area contributed by atoms with E-state index in [0.717, 1.165) is 36.5 Å². The Morgan fingerprint density at radius 2 is 2.11 bits per heavy atom. The van der Waals surface area contributed by atoms with Gasteiger partial charge in [0.1, 0.15) is 18.0 Å². The highest BCUT2D eigenvalue weighted by Gasteiger charge is 2.28. The van der Waals surface area contributed by atoms with Crippen molar-refractivity contribution in [1.82, 2.24) is 10.3 Å². The Morgan fingerprint density at radius 3 is 2.75 bits per heavy atom. The largest absolute Gasteiger partial charge is 0.492 e. The van der Waals surface area contributed by atoms with Crippen molar-refractivity contribution in [2.75, 3.05) is 30.3 Å². The van der Waals surface area contributed by atoms with E-state index in [4.69, 9.17) is 15.2 Å². The maximum absolute atomic E-state index is 11.6. The molecule has 0 unspecified atom stereocenters. The van der Waals surface area contributed by atoms with Crippen molar-refractivity contribution in [2.24, 2.45) is 0 Å². The predicted molar refractivity (Wildman–Crippen MR) is 112 cm³/mol. The monoisotopic (exact) mass is 404 g/mol. The number of carbonyl (C=O) groups excluding carboxylic acids is 1. The average molecular weight is 405 g/mol. The molecule has 8 heteroatoms. The summed E-state index contributed by atoms with van der Waals surface area (Å²) < 4.78 is 10.9. The summed E-state index contributed by atoms with van der Waals surface area (Å²) in [5.41, 5.74) is 7.49. The van der Waals surface area contributed by atoms with Crippen molar-refractivity contribution in [1.29, 1.82) is 0 Å². The molecule has 28 heavy (non-hydrogen) atoms. The van der Waals surface area contributed by atoms with Gasteiger partial charge >= 0.3 is 6.09 Å². The molecule has 152 valence electrons. The molecule has 3 rings (SSSR count). The summed E-state index contributed by atoms with van der Waals surface area (Å²) in [7, 11) is 0. The zero-order valence-corrected chi connectivity index (χ0v) is 17.4. The summed E-state index contributed by atoms with van der Waals surface area (Å²) in [5.74, 6) is 0.767. The molecule has 1 saturated heterocycles. The molecule has 0 spiro atoms. The van der Waals surface area contributed by atoms with Gasteiger partial charge in [0.25, 0.3) is 0 Å². The SMILES string of the molecule is CC(C)(C)OC(=O)NCCOc1ccc(N2CCC[C@@H]2c2csc(N)n2)cc1. The molecule has 1 atom stereocenters. The molecular formula is C20H28N4O3S. The minimum atomic E-state index is -0.502. The molecule has 0 bridgehead atoms. The van der Waals surface area contributed by atoms with Crippen LogP contribution >= 0.6 is 11.3 Å². The van der Waals surface area contributed by atoms with Gasteiger partial charge in [-0.15, -0.1) is 11.3 Å². The summed E-state index contributed by atoms with van der Waals surface area (Å²) in [6.45, 7) is 7.26. The number of nitrogen functional groups attached to an aromatic ring is 1. The number of hydrogen-bond acceptors (Lipinski definition) is 7. The van der Waals surface area contributed by atoms with Crippen LogP contribution in [0.2, 0.25) is 0 Å². The number of hydrogen-bond donors (Lipinski definition) is 2. The van der Waals surface area contributed by atoms with E-state index < -0.39 is 11.7 Å². The van der Waals surface area contributed by atoms with Crippen LogP contribution < -0.4 is 20.7 Å². The Morgan fingerprint density at radius 1 is 1.36 bits per heavy atom. The number of nitrogens with zero attached hydrogens (tertiary/aromatic N) is 2. The van der Waals surface area contributed by atoms with Crippen molar-refractivity contribution < 1.29 is 14.3 Å². The third-order valence-corrected chi connectivity index (χ3v) is 5.03. The molecule has 2 aromatic rings. The predicted octanol–water partition coefficient (Wildman–Crippen LogP) is 3.97. The summed E-state index contributed by atoms with van der Waals surface area (Å²) >= 11 is 1.49. The molecule has 1 amide bonds. The second-order valence-electron chi connectivity index (χ2n) is 7.73. The van der Waals surface area contributed by atoms with Crippen molar-refractivity contribution >= 4 is 28.2 Å². The number of alkyl carbamates (subject to hydrolysis) is 1. The zero-order chi connectivity index (χ0) is 20.1. The molecule has 1 aromatic heterocycles. The number of benzene rings is 1. The lowest BCUT2D eigenvalue weighted by Crippen LogP contribution is -2.34. The van der Waals surface area contributed by atoms with Crippen LogP contribution in [0, 0.1) is 0 Å². The Labute approximate surface area is 169 Å². The number of anilines is 2. The minimum absolute atomic E-state index is 0.276. The standard InChI is InChI=1S/C20H28N4O3S/c1-20(2,3)27-19(25)22-10-12-26-15-8-6-14(7-9-15)24-11-4-5-17(24)16-13-28-18(21)23-16/h6-9,13,17H,4-5,10-12H2,1-3H3,(H2,21,23)(H,22,25)/t17-/m1/s1. The summed E-state index contributed by atoms with van der Waals surface area (Å²) in [4.78, 5) is 18.4. The highest BCUT2D eigenvalue weighted by Crippen LogP contribution is 2.37. The van der Waals surface area contributed by atoms with E-state index in [1.165, 1.54) is 11.3 Å². The van der Waals surface area contributed by atoms with Gasteiger partial charge in [0.2, 0.25) is 0 Å². The van der Waals surface area contributed by atoms with Crippen LogP contribution in [0.4, 0.5) is 15.6 Å². The second-order valence-corrected chi connectivity index (χ2v) is 8.62. The van der Waals surface area contributed by atoms with E-state index in [9.17, 15) is 4.79 Å². The van der Waals surface area contributed by atoms with E-state index in [1.807, 2.05) is 38.3 Å². The lowest BCUT2D eigenvalue weighted by Gasteiger charge is -2.25. The molecule has 1 aromatic carbocycles. The Hall–Kier alpha value is -2.48. The summed E-state index contributed by atoms with van der Waals surface area (Å²) in [6.07, 6.45) is 1.78. The van der Waals surface area contributed by atoms with Gasteiger partial charge in [0.05, 0.1) is 18.3 Å². The van der Waals surface area contributed by atoms with Gasteiger partial charge in [0.15, 0.2) is 5.13 Å². The van der Waals surface area contributed by atoms with Crippen LogP contribution in [-0.4, -0.2) is 36.4 Å². The quantitative estimate of drug-likeness (QED) is 0.708. The molecule has 1 aliphatic rings. The number of carbonyl (C=O) groups is 1. The molecular weight excluding hydrogens is 376 g/mol. The van der Waals surface area contributed by atoms with Gasteiger partial charge in [0, 0.05) is 17.6 Å². The van der Waals surface area contributed by atoms with Gasteiger partial charge in [-0.1, -0.05) is 0 Å². The first-order valence-electron chi connectivity index (χ1n) is 9.49. The van der Waals surface area contributed by atoms with E-state index in [2.05, 4.69) is 27.3 Å². The summed E-state index contributed by atoms with van der Waals surface area (Å²) in [6, 6.07) is 8.30. The number of nitrogens with one attached hydrogen (secondary N) is 1. The molecule has 3 N–H and O–H groups in total. The van der Waals surface area contributed by atoms with Gasteiger partial charge in [-0.2, -0.15) is 0 Å². The zero-order valence-electron chi connectivity index (χ0n) is 16.6. The van der Waals surface area contributed by atoms with E-state index >= 15 is 0 Å². The maximum Gasteiger partial charge on any atom is 0.407 e. The third kappa shape index (κ3) is 5.51. The number of thiazole rings is 1. The average Bonchev–Trinajstić information content (AvgIpc) is 3.26. The number of ether oxygens (including phenoxy) is 2. The normalized spacial score (nSPS) is 16.8. The smallest absolute Gasteiger partial charge is 0.407 e. The lowest BCUT2D eigenvalue weighted by atomic mass is 10.1. The van der Waals surface area contributed by atoms with E-state index in [1.54, 1.807) is 0 Å². The summed E-state index contributed by atoms with van der Waals surface area (Å²) in [5, 5.41) is 5.35. The Balaban J connectivity index is 1.49. The first-order chi connectivity index (χ1) is 13.3. The lowest BCUT2D eigenvalue weighted by molar-refractivity contribution is 0.0520. The van der Waals surface area contributed by atoms with Crippen molar-refractivity contribution in [3.8, 4) is 5.75 Å². The highest BCUT2D eigenvalue weighted by molar-refractivity contribution is 7.13. The maximum atomic E-state index is 11.6. The fourth-order valence-corrected chi connectivity index (χ4v) is 3.82. The number of aromatic nitrogens is 1. The van der Waals surface area contributed by atoms with Crippen LogP contribution in [0.1, 0.15) is 45.3 Å². The van der Waals surface area contributed by atoms with Crippen molar-refractivity contribution in [3.63, 3.8) is 0 Å². The molecule has 1 aliphatic heterocycles. The number of rotatable bonds is 6. The van der Waals surface area contributed by atoms with Crippen LogP contribution in [0.5, 0.6) is 5.75 Å². The second kappa shape index (κ2) is 8.68. The highest BCUT2D eigenvalue weighted by atomic mass is 32.1.